The molecule has 0 unspecified atom stereocenters. The first kappa shape index (κ1) is 25.1. The quantitative estimate of drug-likeness (QED) is 0.281. The van der Waals surface area contributed by atoms with Gasteiger partial charge in [0.05, 0.1) is 16.7 Å². The molecule has 0 fully saturated rings. The van der Waals surface area contributed by atoms with E-state index >= 15 is 0 Å². The summed E-state index contributed by atoms with van der Waals surface area (Å²) in [5, 5.41) is 13.2. The fourth-order valence-corrected chi connectivity index (χ4v) is 6.28. The number of hydrogen-bond donors (Lipinski definition) is 1. The second kappa shape index (κ2) is 12.1. The van der Waals surface area contributed by atoms with Crippen LogP contribution in [0.1, 0.15) is 107 Å². The molecule has 4 rings (SSSR count). The first-order chi connectivity index (χ1) is 17.1. The number of imide groups is 1. The van der Waals surface area contributed by atoms with E-state index in [4.69, 9.17) is 0 Å². The standard InChI is InChI=1S/C28H33N3O3S/c29-19-23-20-13-10-11-16-24(20)35-26(23)30-25(32)17-7-5-3-1-2-4-6-12-18-31-27(33)21-14-8-9-15-22(21)28(31)34/h8-9,14-15H,1-7,10-13,16-18H2,(H,30,32). The van der Waals surface area contributed by atoms with Gasteiger partial charge in [-0.15, -0.1) is 11.3 Å². The third-order valence-corrected chi connectivity index (χ3v) is 8.16. The second-order valence-corrected chi connectivity index (χ2v) is 10.6. The van der Waals surface area contributed by atoms with Crippen LogP contribution in [-0.2, 0) is 17.6 Å². The molecule has 0 spiro atoms. The Morgan fingerprint density at radius 1 is 0.914 bits per heavy atom. The van der Waals surface area contributed by atoms with Gasteiger partial charge in [-0.05, 0) is 56.2 Å². The lowest BCUT2D eigenvalue weighted by Crippen LogP contribution is -2.30. The molecule has 6 nitrogen and oxygen atoms in total. The first-order valence-corrected chi connectivity index (χ1v) is 13.7. The molecule has 184 valence electrons. The summed E-state index contributed by atoms with van der Waals surface area (Å²) in [4.78, 5) is 39.7. The number of carbonyl (C=O) groups excluding carboxylic acids is 3. The molecule has 0 saturated carbocycles. The van der Waals surface area contributed by atoms with Gasteiger partial charge in [0.2, 0.25) is 5.91 Å². The highest BCUT2D eigenvalue weighted by molar-refractivity contribution is 7.16. The summed E-state index contributed by atoms with van der Waals surface area (Å²) in [6.07, 6.45) is 12.9. The summed E-state index contributed by atoms with van der Waals surface area (Å²) in [5.41, 5.74) is 2.88. The van der Waals surface area contributed by atoms with Crippen molar-refractivity contribution in [1.82, 2.24) is 4.90 Å². The van der Waals surface area contributed by atoms with E-state index in [1.54, 1.807) is 35.6 Å². The SMILES string of the molecule is N#Cc1c(NC(=O)CCCCCCCCCCN2C(=O)c3ccccc3C2=O)sc2c1CCCC2. The van der Waals surface area contributed by atoms with Crippen LogP contribution >= 0.6 is 11.3 Å². The van der Waals surface area contributed by atoms with Gasteiger partial charge in [0.1, 0.15) is 11.1 Å². The number of nitrogens with zero attached hydrogens (tertiary/aromatic N) is 2. The summed E-state index contributed by atoms with van der Waals surface area (Å²) < 4.78 is 0. The minimum absolute atomic E-state index is 0.00764. The molecular weight excluding hydrogens is 458 g/mol. The zero-order valence-electron chi connectivity index (χ0n) is 20.2. The summed E-state index contributed by atoms with van der Waals surface area (Å²) >= 11 is 1.58. The Balaban J connectivity index is 1.04. The summed E-state index contributed by atoms with van der Waals surface area (Å²) in [7, 11) is 0. The van der Waals surface area contributed by atoms with Crippen LogP contribution in [0.2, 0.25) is 0 Å². The molecule has 0 bridgehead atoms. The topological polar surface area (TPSA) is 90.3 Å². The van der Waals surface area contributed by atoms with Crippen LogP contribution in [-0.4, -0.2) is 29.2 Å². The lowest BCUT2D eigenvalue weighted by atomic mass is 9.96. The fraction of sp³-hybridized carbons (Fsp3) is 0.500. The smallest absolute Gasteiger partial charge is 0.261 e. The van der Waals surface area contributed by atoms with E-state index in [0.717, 1.165) is 81.2 Å². The molecule has 1 N–H and O–H groups in total. The van der Waals surface area contributed by atoms with Crippen molar-refractivity contribution in [2.24, 2.45) is 0 Å². The van der Waals surface area contributed by atoms with Crippen LogP contribution in [0.4, 0.5) is 5.00 Å². The first-order valence-electron chi connectivity index (χ1n) is 12.9. The number of thiophene rings is 1. The molecule has 0 saturated heterocycles. The Morgan fingerprint density at radius 3 is 2.17 bits per heavy atom. The van der Waals surface area contributed by atoms with Crippen molar-refractivity contribution in [2.45, 2.75) is 83.5 Å². The van der Waals surface area contributed by atoms with E-state index in [2.05, 4.69) is 11.4 Å². The Morgan fingerprint density at radius 2 is 1.51 bits per heavy atom. The van der Waals surface area contributed by atoms with Gasteiger partial charge in [-0.2, -0.15) is 5.26 Å². The maximum atomic E-state index is 12.4. The number of anilines is 1. The van der Waals surface area contributed by atoms with Crippen molar-refractivity contribution in [3.05, 3.63) is 51.4 Å². The van der Waals surface area contributed by atoms with Crippen molar-refractivity contribution < 1.29 is 14.4 Å². The highest BCUT2D eigenvalue weighted by Crippen LogP contribution is 2.37. The van der Waals surface area contributed by atoms with E-state index in [-0.39, 0.29) is 17.7 Å². The maximum absolute atomic E-state index is 12.4. The van der Waals surface area contributed by atoms with E-state index < -0.39 is 0 Å². The van der Waals surface area contributed by atoms with Crippen LogP contribution in [0.5, 0.6) is 0 Å². The van der Waals surface area contributed by atoms with Crippen molar-refractivity contribution in [3.8, 4) is 6.07 Å². The predicted molar refractivity (Wildman–Crippen MR) is 138 cm³/mol. The molecule has 1 aliphatic carbocycles. The van der Waals surface area contributed by atoms with E-state index in [1.807, 2.05) is 0 Å². The summed E-state index contributed by atoms with van der Waals surface area (Å²) in [5.74, 6) is -0.331. The molecule has 0 radical (unpaired) electrons. The lowest BCUT2D eigenvalue weighted by molar-refractivity contribution is -0.116. The molecule has 2 heterocycles. The largest absolute Gasteiger partial charge is 0.317 e. The summed E-state index contributed by atoms with van der Waals surface area (Å²) in [6, 6.07) is 9.32. The monoisotopic (exact) mass is 491 g/mol. The van der Waals surface area contributed by atoms with Crippen molar-refractivity contribution in [1.29, 1.82) is 5.26 Å². The number of rotatable bonds is 12. The third kappa shape index (κ3) is 5.99. The lowest BCUT2D eigenvalue weighted by Gasteiger charge is -2.13. The van der Waals surface area contributed by atoms with E-state index in [1.165, 1.54) is 16.2 Å². The van der Waals surface area contributed by atoms with Gasteiger partial charge in [-0.25, -0.2) is 0 Å². The maximum Gasteiger partial charge on any atom is 0.261 e. The number of hydrogen-bond acceptors (Lipinski definition) is 5. The van der Waals surface area contributed by atoms with Crippen LogP contribution in [0, 0.1) is 11.3 Å². The number of nitrogens with one attached hydrogen (secondary N) is 1. The van der Waals surface area contributed by atoms with Gasteiger partial charge >= 0.3 is 0 Å². The van der Waals surface area contributed by atoms with Gasteiger partial charge in [0.25, 0.3) is 11.8 Å². The number of unbranched alkanes of at least 4 members (excludes halogenated alkanes) is 7. The molecule has 1 aromatic carbocycles. The molecule has 2 aliphatic rings. The van der Waals surface area contributed by atoms with Crippen molar-refractivity contribution in [3.63, 3.8) is 0 Å². The Labute approximate surface area is 211 Å². The van der Waals surface area contributed by atoms with E-state index in [9.17, 15) is 19.6 Å². The Hall–Kier alpha value is -2.98. The molecular formula is C28H33N3O3S. The second-order valence-electron chi connectivity index (χ2n) is 9.46. The fourth-order valence-electron chi connectivity index (χ4n) is 5.02. The molecule has 1 aromatic heterocycles. The van der Waals surface area contributed by atoms with Gasteiger partial charge < -0.3 is 5.32 Å². The molecule has 2 aromatic rings. The molecule has 3 amide bonds. The molecule has 35 heavy (non-hydrogen) atoms. The van der Waals surface area contributed by atoms with Crippen molar-refractivity contribution >= 4 is 34.1 Å². The van der Waals surface area contributed by atoms with Crippen LogP contribution in [0.15, 0.2) is 24.3 Å². The molecule has 0 atom stereocenters. The predicted octanol–water partition coefficient (Wildman–Crippen LogP) is 6.24. The Bertz CT molecular complexity index is 1100. The Kier molecular flexibility index (Phi) is 8.70. The minimum Gasteiger partial charge on any atom is -0.317 e. The average Bonchev–Trinajstić information content (AvgIpc) is 3.34. The molecule has 1 aliphatic heterocycles. The zero-order valence-corrected chi connectivity index (χ0v) is 21.1. The van der Waals surface area contributed by atoms with Crippen LogP contribution < -0.4 is 5.32 Å². The van der Waals surface area contributed by atoms with Gasteiger partial charge in [-0.1, -0.05) is 50.7 Å². The molecule has 7 heteroatoms. The minimum atomic E-state index is -0.169. The van der Waals surface area contributed by atoms with E-state index in [0.29, 0.717) is 29.7 Å². The number of amides is 3. The third-order valence-electron chi connectivity index (χ3n) is 6.95. The van der Waals surface area contributed by atoms with Crippen LogP contribution in [0.3, 0.4) is 0 Å². The number of aryl methyl sites for hydroxylation is 1. The van der Waals surface area contributed by atoms with Gasteiger partial charge in [0, 0.05) is 17.8 Å². The number of benzene rings is 1. The number of nitriles is 1. The number of fused-ring (bicyclic) bond motifs is 2. The van der Waals surface area contributed by atoms with Crippen molar-refractivity contribution in [2.75, 3.05) is 11.9 Å². The normalized spacial score (nSPS) is 14.5. The summed E-state index contributed by atoms with van der Waals surface area (Å²) in [6.45, 7) is 0.488. The average molecular weight is 492 g/mol. The number of carbonyl (C=O) groups is 3. The zero-order chi connectivity index (χ0) is 24.6. The van der Waals surface area contributed by atoms with Crippen LogP contribution in [0.25, 0.3) is 0 Å². The highest BCUT2D eigenvalue weighted by Gasteiger charge is 2.34. The highest BCUT2D eigenvalue weighted by atomic mass is 32.1. The van der Waals surface area contributed by atoms with Gasteiger partial charge in [0.15, 0.2) is 0 Å². The van der Waals surface area contributed by atoms with Gasteiger partial charge in [-0.3, -0.25) is 19.3 Å².